The number of carbonyl (C=O) groups excluding carboxylic acids is 1. The Morgan fingerprint density at radius 2 is 2.19 bits per heavy atom. The third-order valence-electron chi connectivity index (χ3n) is 3.78. The lowest BCUT2D eigenvalue weighted by Gasteiger charge is -2.39. The molecule has 5 nitrogen and oxygen atoms in total. The van der Waals surface area contributed by atoms with E-state index in [0.29, 0.717) is 18.7 Å². The molecule has 1 aliphatic rings. The van der Waals surface area contributed by atoms with E-state index >= 15 is 0 Å². The van der Waals surface area contributed by atoms with E-state index in [1.807, 2.05) is 32.0 Å². The number of ether oxygens (including phenoxy) is 1. The highest BCUT2D eigenvalue weighted by molar-refractivity contribution is 5.77. The number of nitriles is 1. The van der Waals surface area contributed by atoms with Gasteiger partial charge in [0.1, 0.15) is 6.61 Å². The average molecular weight is 287 g/mol. The topological polar surface area (TPSA) is 65.4 Å². The van der Waals surface area contributed by atoms with Crippen molar-refractivity contribution in [3.8, 4) is 6.07 Å². The number of amides is 1. The summed E-state index contributed by atoms with van der Waals surface area (Å²) in [7, 11) is 0. The first-order valence-corrected chi connectivity index (χ1v) is 7.18. The van der Waals surface area contributed by atoms with Crippen LogP contribution in [0, 0.1) is 11.3 Å². The highest BCUT2D eigenvalue weighted by Crippen LogP contribution is 2.16. The van der Waals surface area contributed by atoms with Gasteiger partial charge in [0.2, 0.25) is 5.91 Å². The highest BCUT2D eigenvalue weighted by Gasteiger charge is 2.33. The molecule has 1 saturated heterocycles. The fourth-order valence-corrected chi connectivity index (χ4v) is 2.26. The summed E-state index contributed by atoms with van der Waals surface area (Å²) in [4.78, 5) is 14.0. The molecule has 0 saturated carbocycles. The Bertz CT molecular complexity index is 547. The van der Waals surface area contributed by atoms with E-state index in [2.05, 4.69) is 11.4 Å². The number of nitrogens with one attached hydrogen (secondary N) is 1. The van der Waals surface area contributed by atoms with Crippen LogP contribution in [0.1, 0.15) is 25.0 Å². The fraction of sp³-hybridized carbons (Fsp3) is 0.500. The van der Waals surface area contributed by atoms with Crippen LogP contribution in [0.15, 0.2) is 24.3 Å². The minimum Gasteiger partial charge on any atom is -0.363 e. The van der Waals surface area contributed by atoms with E-state index in [1.54, 1.807) is 11.0 Å². The second-order valence-corrected chi connectivity index (χ2v) is 5.52. The van der Waals surface area contributed by atoms with Gasteiger partial charge in [0, 0.05) is 26.2 Å². The van der Waals surface area contributed by atoms with Crippen LogP contribution in [-0.4, -0.2) is 42.6 Å². The van der Waals surface area contributed by atoms with Gasteiger partial charge in [0.05, 0.1) is 17.2 Å². The van der Waals surface area contributed by atoms with Crippen LogP contribution in [0.4, 0.5) is 0 Å². The summed E-state index contributed by atoms with van der Waals surface area (Å²) in [6.45, 7) is 6.61. The molecule has 5 heteroatoms. The van der Waals surface area contributed by atoms with Gasteiger partial charge in [-0.2, -0.15) is 5.26 Å². The third kappa shape index (κ3) is 3.81. The maximum absolute atomic E-state index is 12.3. The fourth-order valence-electron chi connectivity index (χ4n) is 2.26. The van der Waals surface area contributed by atoms with Crippen LogP contribution >= 0.6 is 0 Å². The highest BCUT2D eigenvalue weighted by atomic mass is 16.5. The smallest absolute Gasteiger partial charge is 0.248 e. The first kappa shape index (κ1) is 15.5. The second kappa shape index (κ2) is 6.70. The minimum atomic E-state index is -0.223. The van der Waals surface area contributed by atoms with Gasteiger partial charge in [-0.05, 0) is 25.5 Å². The Labute approximate surface area is 125 Å². The zero-order chi connectivity index (χ0) is 15.3. The van der Waals surface area contributed by atoms with Crippen molar-refractivity contribution in [3.05, 3.63) is 35.4 Å². The summed E-state index contributed by atoms with van der Waals surface area (Å²) in [5.74, 6) is -0.0432. The molecule has 0 radical (unpaired) electrons. The normalized spacial score (nSPS) is 15.9. The average Bonchev–Trinajstić information content (AvgIpc) is 2.48. The molecule has 0 spiro atoms. The molecule has 1 aromatic carbocycles. The van der Waals surface area contributed by atoms with E-state index in [1.165, 1.54) is 0 Å². The van der Waals surface area contributed by atoms with Crippen LogP contribution in [0.5, 0.6) is 0 Å². The van der Waals surface area contributed by atoms with Crippen LogP contribution < -0.4 is 5.32 Å². The molecule has 2 rings (SSSR count). The van der Waals surface area contributed by atoms with E-state index in [4.69, 9.17) is 10.00 Å². The van der Waals surface area contributed by atoms with Crippen LogP contribution in [0.25, 0.3) is 0 Å². The number of rotatable bonds is 6. The number of nitrogens with zero attached hydrogens (tertiary/aromatic N) is 2. The molecular formula is C16H21N3O2. The van der Waals surface area contributed by atoms with E-state index < -0.39 is 0 Å². The van der Waals surface area contributed by atoms with E-state index in [0.717, 1.165) is 18.7 Å². The predicted molar refractivity (Wildman–Crippen MR) is 79.5 cm³/mol. The van der Waals surface area contributed by atoms with Gasteiger partial charge in [-0.25, -0.2) is 0 Å². The van der Waals surface area contributed by atoms with Crippen LogP contribution in [0.3, 0.4) is 0 Å². The maximum atomic E-state index is 12.3. The Morgan fingerprint density at radius 3 is 2.76 bits per heavy atom. The molecule has 1 fully saturated rings. The molecule has 0 unspecified atom stereocenters. The van der Waals surface area contributed by atoms with Gasteiger partial charge in [-0.1, -0.05) is 18.2 Å². The molecule has 1 heterocycles. The van der Waals surface area contributed by atoms with Crippen molar-refractivity contribution >= 4 is 5.91 Å². The van der Waals surface area contributed by atoms with Crippen molar-refractivity contribution in [2.45, 2.75) is 26.0 Å². The molecule has 1 aliphatic heterocycles. The maximum Gasteiger partial charge on any atom is 0.248 e. The summed E-state index contributed by atoms with van der Waals surface area (Å²) in [6.07, 6.45) is 0. The van der Waals surface area contributed by atoms with Gasteiger partial charge in [0.15, 0.2) is 0 Å². The summed E-state index contributed by atoms with van der Waals surface area (Å²) in [5.41, 5.74) is 1.26. The van der Waals surface area contributed by atoms with Crippen LogP contribution in [0.2, 0.25) is 0 Å². The SMILES string of the molecule is CCN(Cc1ccccc1C#N)C(=O)COC1(C)CNC1. The molecule has 0 atom stereocenters. The molecule has 0 aromatic heterocycles. The molecular weight excluding hydrogens is 266 g/mol. The third-order valence-corrected chi connectivity index (χ3v) is 3.78. The Balaban J connectivity index is 1.95. The van der Waals surface area contributed by atoms with Gasteiger partial charge in [0.25, 0.3) is 0 Å². The number of hydrogen-bond donors (Lipinski definition) is 1. The molecule has 21 heavy (non-hydrogen) atoms. The van der Waals surface area contributed by atoms with Crippen molar-refractivity contribution in [1.82, 2.24) is 10.2 Å². The Morgan fingerprint density at radius 1 is 1.48 bits per heavy atom. The minimum absolute atomic E-state index is 0.0432. The van der Waals surface area contributed by atoms with Gasteiger partial charge in [-0.3, -0.25) is 4.79 Å². The lowest BCUT2D eigenvalue weighted by molar-refractivity contribution is -0.146. The lowest BCUT2D eigenvalue weighted by Crippen LogP contribution is -2.59. The summed E-state index contributed by atoms with van der Waals surface area (Å²) < 4.78 is 5.69. The molecule has 1 N–H and O–H groups in total. The summed E-state index contributed by atoms with van der Waals surface area (Å²) in [6, 6.07) is 9.52. The van der Waals surface area contributed by atoms with Crippen LogP contribution in [-0.2, 0) is 16.1 Å². The molecule has 1 aromatic rings. The van der Waals surface area contributed by atoms with Gasteiger partial charge >= 0.3 is 0 Å². The summed E-state index contributed by atoms with van der Waals surface area (Å²) in [5, 5.41) is 12.2. The van der Waals surface area contributed by atoms with Gasteiger partial charge < -0.3 is 15.0 Å². The van der Waals surface area contributed by atoms with Crippen molar-refractivity contribution in [2.75, 3.05) is 26.2 Å². The first-order chi connectivity index (χ1) is 10.1. The first-order valence-electron chi connectivity index (χ1n) is 7.18. The monoisotopic (exact) mass is 287 g/mol. The second-order valence-electron chi connectivity index (χ2n) is 5.52. The number of hydrogen-bond acceptors (Lipinski definition) is 4. The van der Waals surface area contributed by atoms with E-state index in [-0.39, 0.29) is 18.1 Å². The van der Waals surface area contributed by atoms with Crippen molar-refractivity contribution in [3.63, 3.8) is 0 Å². The largest absolute Gasteiger partial charge is 0.363 e. The molecule has 0 bridgehead atoms. The van der Waals surface area contributed by atoms with E-state index in [9.17, 15) is 4.79 Å². The Hall–Kier alpha value is -1.90. The number of benzene rings is 1. The zero-order valence-corrected chi connectivity index (χ0v) is 12.6. The number of likely N-dealkylation sites (N-methyl/N-ethyl adjacent to an activating group) is 1. The molecule has 0 aliphatic carbocycles. The van der Waals surface area contributed by atoms with Gasteiger partial charge in [-0.15, -0.1) is 0 Å². The van der Waals surface area contributed by atoms with Crippen molar-refractivity contribution < 1.29 is 9.53 Å². The molecule has 112 valence electrons. The predicted octanol–water partition coefficient (Wildman–Crippen LogP) is 1.29. The van der Waals surface area contributed by atoms with Crippen molar-refractivity contribution in [2.24, 2.45) is 0 Å². The van der Waals surface area contributed by atoms with Crippen molar-refractivity contribution in [1.29, 1.82) is 5.26 Å². The molecule has 1 amide bonds. The summed E-state index contributed by atoms with van der Waals surface area (Å²) >= 11 is 0. The number of carbonyl (C=O) groups is 1. The Kier molecular flexibility index (Phi) is 4.94. The zero-order valence-electron chi connectivity index (χ0n) is 12.6. The lowest BCUT2D eigenvalue weighted by atomic mass is 10.0. The quantitative estimate of drug-likeness (QED) is 0.856. The standard InChI is InChI=1S/C16H21N3O2/c1-3-19(9-14-7-5-4-6-13(14)8-17)15(20)10-21-16(2)11-18-12-16/h4-7,18H,3,9-12H2,1-2H3.